The van der Waals surface area contributed by atoms with E-state index in [1.165, 1.54) is 0 Å². The monoisotopic (exact) mass is 483 g/mol. The van der Waals surface area contributed by atoms with Crippen LogP contribution in [-0.4, -0.2) is 24.1 Å². The van der Waals surface area contributed by atoms with Gasteiger partial charge in [-0.15, -0.1) is 0 Å². The number of halogens is 2. The van der Waals surface area contributed by atoms with Crippen molar-refractivity contribution in [3.8, 4) is 0 Å². The quantitative estimate of drug-likeness (QED) is 0.440. The number of Topliss-reactive ketones (excluding diaryl/α,β-unsaturated/α-hetero) is 1. The Balaban J connectivity index is 1.75. The molecule has 0 spiro atoms. The molecule has 1 aliphatic heterocycles. The number of benzene rings is 2. The first-order valence-corrected chi connectivity index (χ1v) is 12.0. The Morgan fingerprint density at radius 1 is 1.00 bits per heavy atom. The van der Waals surface area contributed by atoms with Gasteiger partial charge in [0.25, 0.3) is 0 Å². The third-order valence-corrected chi connectivity index (χ3v) is 6.78. The molecule has 1 heterocycles. The zero-order chi connectivity index (χ0) is 23.7. The normalized spacial score (nSPS) is 22.8. The Morgan fingerprint density at radius 2 is 1.58 bits per heavy atom. The molecule has 0 radical (unpaired) electrons. The van der Waals surface area contributed by atoms with Gasteiger partial charge in [-0.05, 0) is 60.6 Å². The maximum Gasteiger partial charge on any atom is 0.315 e. The zero-order valence-electron chi connectivity index (χ0n) is 19.0. The van der Waals surface area contributed by atoms with Gasteiger partial charge in [-0.3, -0.25) is 14.6 Å². The molecule has 3 atom stereocenters. The maximum absolute atomic E-state index is 13.5. The summed E-state index contributed by atoms with van der Waals surface area (Å²) in [4.78, 5) is 31.5. The summed E-state index contributed by atoms with van der Waals surface area (Å²) in [5.41, 5.74) is 3.99. The number of nitrogens with zero attached hydrogens (tertiary/aromatic N) is 1. The topological polar surface area (TPSA) is 55.7 Å². The van der Waals surface area contributed by atoms with Gasteiger partial charge in [0.1, 0.15) is 5.92 Å². The average Bonchev–Trinajstić information content (AvgIpc) is 2.77. The number of rotatable bonds is 5. The Hall–Kier alpha value is -2.43. The molecular formula is C27H27Cl2NO3. The highest BCUT2D eigenvalue weighted by atomic mass is 35.5. The minimum Gasteiger partial charge on any atom is -0.465 e. The summed E-state index contributed by atoms with van der Waals surface area (Å²) in [6.07, 6.45) is 1.00. The van der Waals surface area contributed by atoms with Crippen LogP contribution in [0.15, 0.2) is 64.8 Å². The van der Waals surface area contributed by atoms with Crippen LogP contribution in [-0.2, 0) is 14.3 Å². The second-order valence-corrected chi connectivity index (χ2v) is 10.1. The van der Waals surface area contributed by atoms with Gasteiger partial charge >= 0.3 is 5.97 Å². The van der Waals surface area contributed by atoms with Crippen molar-refractivity contribution in [2.45, 2.75) is 45.4 Å². The molecule has 172 valence electrons. The fourth-order valence-corrected chi connectivity index (χ4v) is 4.96. The molecule has 2 aromatic rings. The van der Waals surface area contributed by atoms with E-state index in [0.29, 0.717) is 40.8 Å². The summed E-state index contributed by atoms with van der Waals surface area (Å²) in [5, 5.41) is 1.27. The number of ether oxygens (including phenoxy) is 1. The van der Waals surface area contributed by atoms with Crippen molar-refractivity contribution >= 4 is 40.7 Å². The van der Waals surface area contributed by atoms with Crippen LogP contribution in [0.4, 0.5) is 0 Å². The molecule has 4 rings (SSSR count). The lowest BCUT2D eigenvalue weighted by molar-refractivity contribution is -0.147. The minimum absolute atomic E-state index is 0.0223. The Morgan fingerprint density at radius 3 is 2.15 bits per heavy atom. The Labute approximate surface area is 204 Å². The summed E-state index contributed by atoms with van der Waals surface area (Å²) in [7, 11) is 0. The molecular weight excluding hydrogens is 457 g/mol. The predicted octanol–water partition coefficient (Wildman–Crippen LogP) is 6.77. The largest absolute Gasteiger partial charge is 0.465 e. The number of ketones is 1. The van der Waals surface area contributed by atoms with E-state index >= 15 is 0 Å². The number of aliphatic imine (C=N–C) groups is 1. The number of hydrogen-bond acceptors (Lipinski definition) is 4. The van der Waals surface area contributed by atoms with E-state index < -0.39 is 11.8 Å². The predicted molar refractivity (Wildman–Crippen MR) is 132 cm³/mol. The number of carbonyl (C=O) groups excluding carboxylic acids is 2. The van der Waals surface area contributed by atoms with E-state index in [9.17, 15) is 9.59 Å². The van der Waals surface area contributed by atoms with Crippen LogP contribution in [0, 0.1) is 11.8 Å². The number of esters is 1. The standard InChI is InChI=1S/C27H27Cl2NO3/c1-15(2)14-33-27(32)24-16(3)30-22-12-19(17-4-8-20(28)9-5-17)13-23(31)26(22)25(24)18-6-10-21(29)11-7-18/h4-11,15,19,24-25H,12-14H2,1-3H3/t19-,24?,25+/m1/s1. The number of hydrogen-bond donors (Lipinski definition) is 0. The highest BCUT2D eigenvalue weighted by Gasteiger charge is 2.44. The maximum atomic E-state index is 13.5. The van der Waals surface area contributed by atoms with Gasteiger partial charge in [-0.2, -0.15) is 0 Å². The molecule has 2 aromatic carbocycles. The number of allylic oxidation sites excluding steroid dienone is 2. The van der Waals surface area contributed by atoms with E-state index in [1.54, 1.807) is 12.1 Å². The van der Waals surface area contributed by atoms with Crippen molar-refractivity contribution in [1.29, 1.82) is 0 Å². The molecule has 0 saturated carbocycles. The van der Waals surface area contributed by atoms with E-state index in [0.717, 1.165) is 16.8 Å². The van der Waals surface area contributed by atoms with E-state index in [4.69, 9.17) is 32.9 Å². The highest BCUT2D eigenvalue weighted by molar-refractivity contribution is 6.30. The van der Waals surface area contributed by atoms with Gasteiger partial charge in [-0.1, -0.05) is 61.3 Å². The lowest BCUT2D eigenvalue weighted by atomic mass is 9.69. The molecule has 1 aliphatic carbocycles. The van der Waals surface area contributed by atoms with Gasteiger partial charge in [0.2, 0.25) is 0 Å². The fraction of sp³-hybridized carbons (Fsp3) is 0.370. The molecule has 4 nitrogen and oxygen atoms in total. The summed E-state index contributed by atoms with van der Waals surface area (Å²) in [6.45, 7) is 6.17. The molecule has 6 heteroatoms. The van der Waals surface area contributed by atoms with Crippen molar-refractivity contribution in [2.24, 2.45) is 16.8 Å². The highest BCUT2D eigenvalue weighted by Crippen LogP contribution is 2.47. The van der Waals surface area contributed by atoms with Gasteiger partial charge in [0, 0.05) is 39.4 Å². The molecule has 0 amide bonds. The summed E-state index contributed by atoms with van der Waals surface area (Å²) >= 11 is 12.2. The molecule has 33 heavy (non-hydrogen) atoms. The van der Waals surface area contributed by atoms with E-state index in [2.05, 4.69) is 0 Å². The summed E-state index contributed by atoms with van der Waals surface area (Å²) < 4.78 is 5.61. The van der Waals surface area contributed by atoms with Crippen molar-refractivity contribution in [3.63, 3.8) is 0 Å². The third-order valence-electron chi connectivity index (χ3n) is 6.27. The van der Waals surface area contributed by atoms with Gasteiger partial charge in [-0.25, -0.2) is 0 Å². The van der Waals surface area contributed by atoms with Crippen LogP contribution in [0.25, 0.3) is 0 Å². The van der Waals surface area contributed by atoms with Crippen LogP contribution in [0.1, 0.15) is 56.6 Å². The average molecular weight is 484 g/mol. The van der Waals surface area contributed by atoms with Crippen LogP contribution in [0.2, 0.25) is 10.0 Å². The molecule has 2 aliphatic rings. The molecule has 1 unspecified atom stereocenters. The molecule has 0 N–H and O–H groups in total. The first-order chi connectivity index (χ1) is 15.7. The van der Waals surface area contributed by atoms with Crippen LogP contribution >= 0.6 is 23.2 Å². The van der Waals surface area contributed by atoms with Gasteiger partial charge in [0.05, 0.1) is 6.61 Å². The Bertz CT molecular complexity index is 1120. The molecule has 0 fully saturated rings. The smallest absolute Gasteiger partial charge is 0.315 e. The van der Waals surface area contributed by atoms with Crippen molar-refractivity contribution in [2.75, 3.05) is 6.61 Å². The second kappa shape index (κ2) is 9.82. The molecule has 0 saturated heterocycles. The molecule has 0 bridgehead atoms. The van der Waals surface area contributed by atoms with Crippen molar-refractivity contribution in [3.05, 3.63) is 81.0 Å². The third kappa shape index (κ3) is 5.07. The van der Waals surface area contributed by atoms with Crippen molar-refractivity contribution < 1.29 is 14.3 Å². The minimum atomic E-state index is -0.639. The Kier molecular flexibility index (Phi) is 7.06. The van der Waals surface area contributed by atoms with Crippen LogP contribution in [0.5, 0.6) is 0 Å². The first-order valence-electron chi connectivity index (χ1n) is 11.2. The van der Waals surface area contributed by atoms with Crippen molar-refractivity contribution in [1.82, 2.24) is 0 Å². The summed E-state index contributed by atoms with van der Waals surface area (Å²) in [5.74, 6) is -1.15. The fourth-order valence-electron chi connectivity index (χ4n) is 4.70. The second-order valence-electron chi connectivity index (χ2n) is 9.22. The van der Waals surface area contributed by atoms with Crippen LogP contribution in [0.3, 0.4) is 0 Å². The zero-order valence-corrected chi connectivity index (χ0v) is 20.5. The summed E-state index contributed by atoms with van der Waals surface area (Å²) in [6, 6.07) is 15.0. The lowest BCUT2D eigenvalue weighted by Crippen LogP contribution is -2.38. The van der Waals surface area contributed by atoms with E-state index in [-0.39, 0.29) is 23.6 Å². The number of carbonyl (C=O) groups is 2. The molecule has 0 aromatic heterocycles. The first kappa shape index (κ1) is 23.7. The van der Waals surface area contributed by atoms with Crippen LogP contribution < -0.4 is 0 Å². The SMILES string of the molecule is CC1=NC2=C(C(=O)C[C@H](c3ccc(Cl)cc3)C2)[C@@H](c2ccc(Cl)cc2)C1C(=O)OCC(C)C. The van der Waals surface area contributed by atoms with E-state index in [1.807, 2.05) is 57.2 Å². The van der Waals surface area contributed by atoms with Gasteiger partial charge in [0.15, 0.2) is 5.78 Å². The van der Waals surface area contributed by atoms with Gasteiger partial charge < -0.3 is 4.74 Å². The lowest BCUT2D eigenvalue weighted by Gasteiger charge is -2.36.